The highest BCUT2D eigenvalue weighted by Gasteiger charge is 2.32. The highest BCUT2D eigenvalue weighted by molar-refractivity contribution is 5.78. The zero-order valence-corrected chi connectivity index (χ0v) is 15.4. The van der Waals surface area contributed by atoms with Crippen molar-refractivity contribution >= 4 is 11.6 Å². The number of nitrogens with zero attached hydrogens (tertiary/aromatic N) is 1. The lowest BCUT2D eigenvalue weighted by atomic mass is 9.69. The van der Waals surface area contributed by atoms with Gasteiger partial charge in [-0.25, -0.2) is 0 Å². The number of amides is 1. The summed E-state index contributed by atoms with van der Waals surface area (Å²) < 4.78 is 0. The molecule has 1 aliphatic carbocycles. The lowest BCUT2D eigenvalue weighted by Crippen LogP contribution is -2.35. The summed E-state index contributed by atoms with van der Waals surface area (Å²) in [5, 5.41) is 3.13. The minimum Gasteiger partial charge on any atom is -0.378 e. The second-order valence-corrected chi connectivity index (χ2v) is 8.20. The standard InChI is InChI=1S/C20H32N2O/c1-20(2,3)17-11-9-16(10-12-17)19(23)21-14-15-7-6-8-18(13-15)22(4)5/h6-8,13,16-17H,9-12,14H2,1-5H3,(H,21,23). The van der Waals surface area contributed by atoms with Gasteiger partial charge in [0.05, 0.1) is 0 Å². The second kappa shape index (κ2) is 7.37. The van der Waals surface area contributed by atoms with E-state index in [2.05, 4.69) is 49.2 Å². The SMILES string of the molecule is CN(C)c1cccc(CNC(=O)C2CCC(C(C)(C)C)CC2)c1. The minimum absolute atomic E-state index is 0.200. The molecule has 23 heavy (non-hydrogen) atoms. The van der Waals surface area contributed by atoms with Gasteiger partial charge >= 0.3 is 0 Å². The van der Waals surface area contributed by atoms with E-state index >= 15 is 0 Å². The van der Waals surface area contributed by atoms with Crippen LogP contribution in [0.15, 0.2) is 24.3 Å². The third-order valence-corrected chi connectivity index (χ3v) is 5.22. The molecule has 0 unspecified atom stereocenters. The molecule has 3 heteroatoms. The molecule has 0 radical (unpaired) electrons. The Balaban J connectivity index is 1.83. The Morgan fingerprint density at radius 2 is 1.83 bits per heavy atom. The summed E-state index contributed by atoms with van der Waals surface area (Å²) in [4.78, 5) is 14.5. The fourth-order valence-corrected chi connectivity index (χ4v) is 3.50. The average molecular weight is 316 g/mol. The predicted molar refractivity (Wildman–Crippen MR) is 97.5 cm³/mol. The second-order valence-electron chi connectivity index (χ2n) is 8.20. The van der Waals surface area contributed by atoms with Gasteiger partial charge in [0.25, 0.3) is 0 Å². The van der Waals surface area contributed by atoms with E-state index < -0.39 is 0 Å². The van der Waals surface area contributed by atoms with E-state index in [1.807, 2.05) is 20.2 Å². The highest BCUT2D eigenvalue weighted by Crippen LogP contribution is 2.39. The van der Waals surface area contributed by atoms with Crippen LogP contribution in [0.25, 0.3) is 0 Å². The monoisotopic (exact) mass is 316 g/mol. The Morgan fingerprint density at radius 1 is 1.17 bits per heavy atom. The average Bonchev–Trinajstić information content (AvgIpc) is 2.52. The largest absolute Gasteiger partial charge is 0.378 e. The summed E-state index contributed by atoms with van der Waals surface area (Å²) in [7, 11) is 4.07. The topological polar surface area (TPSA) is 32.3 Å². The van der Waals surface area contributed by atoms with Crippen LogP contribution in [0, 0.1) is 17.3 Å². The first-order valence-corrected chi connectivity index (χ1v) is 8.81. The van der Waals surface area contributed by atoms with Gasteiger partial charge in [-0.2, -0.15) is 0 Å². The molecule has 1 N–H and O–H groups in total. The van der Waals surface area contributed by atoms with E-state index in [0.29, 0.717) is 12.0 Å². The molecule has 1 aromatic rings. The Hall–Kier alpha value is -1.51. The van der Waals surface area contributed by atoms with Crippen molar-refractivity contribution < 1.29 is 4.79 Å². The van der Waals surface area contributed by atoms with E-state index in [9.17, 15) is 4.79 Å². The van der Waals surface area contributed by atoms with Crippen molar-refractivity contribution in [1.29, 1.82) is 0 Å². The number of carbonyl (C=O) groups is 1. The summed E-state index contributed by atoms with van der Waals surface area (Å²) in [6.45, 7) is 7.57. The summed E-state index contributed by atoms with van der Waals surface area (Å²) in [6, 6.07) is 8.34. The Morgan fingerprint density at radius 3 is 2.39 bits per heavy atom. The summed E-state index contributed by atoms with van der Waals surface area (Å²) in [5.41, 5.74) is 2.70. The van der Waals surface area contributed by atoms with Crippen LogP contribution in [0.2, 0.25) is 0 Å². The van der Waals surface area contributed by atoms with Gasteiger partial charge in [-0.05, 0) is 54.7 Å². The maximum absolute atomic E-state index is 12.4. The first kappa shape index (κ1) is 17.8. The molecule has 1 aliphatic rings. The van der Waals surface area contributed by atoms with Crippen LogP contribution in [0.4, 0.5) is 5.69 Å². The lowest BCUT2D eigenvalue weighted by molar-refractivity contribution is -0.126. The third kappa shape index (κ3) is 4.98. The predicted octanol–water partition coefficient (Wildman–Crippen LogP) is 4.22. The summed E-state index contributed by atoms with van der Waals surface area (Å²) >= 11 is 0. The van der Waals surface area contributed by atoms with Crippen molar-refractivity contribution in [3.05, 3.63) is 29.8 Å². The van der Waals surface area contributed by atoms with Crippen molar-refractivity contribution in [3.63, 3.8) is 0 Å². The molecule has 0 spiro atoms. The van der Waals surface area contributed by atoms with E-state index in [0.717, 1.165) is 24.3 Å². The molecular weight excluding hydrogens is 284 g/mol. The van der Waals surface area contributed by atoms with E-state index in [1.165, 1.54) is 18.5 Å². The van der Waals surface area contributed by atoms with Crippen LogP contribution in [-0.2, 0) is 11.3 Å². The van der Waals surface area contributed by atoms with Gasteiger partial charge in [0.1, 0.15) is 0 Å². The third-order valence-electron chi connectivity index (χ3n) is 5.22. The van der Waals surface area contributed by atoms with Gasteiger partial charge in [0.2, 0.25) is 5.91 Å². The molecule has 2 rings (SSSR count). The molecule has 3 nitrogen and oxygen atoms in total. The molecule has 128 valence electrons. The molecule has 1 aromatic carbocycles. The van der Waals surface area contributed by atoms with Gasteiger partial charge in [-0.1, -0.05) is 32.9 Å². The smallest absolute Gasteiger partial charge is 0.223 e. The van der Waals surface area contributed by atoms with Gasteiger partial charge in [-0.15, -0.1) is 0 Å². The van der Waals surface area contributed by atoms with Gasteiger partial charge in [0, 0.05) is 32.2 Å². The molecule has 1 saturated carbocycles. The number of nitrogens with one attached hydrogen (secondary N) is 1. The molecule has 0 aromatic heterocycles. The molecule has 0 heterocycles. The Kier molecular flexibility index (Phi) is 5.72. The number of rotatable bonds is 4. The number of carbonyl (C=O) groups excluding carboxylic acids is 1. The lowest BCUT2D eigenvalue weighted by Gasteiger charge is -2.36. The first-order chi connectivity index (χ1) is 10.8. The molecule has 1 fully saturated rings. The molecule has 0 saturated heterocycles. The van der Waals surface area contributed by atoms with E-state index in [-0.39, 0.29) is 11.8 Å². The summed E-state index contributed by atoms with van der Waals surface area (Å²) in [6.07, 6.45) is 4.42. The van der Waals surface area contributed by atoms with Crippen LogP contribution >= 0.6 is 0 Å². The quantitative estimate of drug-likeness (QED) is 0.902. The van der Waals surface area contributed by atoms with Crippen molar-refractivity contribution in [2.75, 3.05) is 19.0 Å². The Labute approximate surface area is 141 Å². The van der Waals surface area contributed by atoms with Crippen LogP contribution in [-0.4, -0.2) is 20.0 Å². The molecule has 0 bridgehead atoms. The van der Waals surface area contributed by atoms with Crippen molar-refractivity contribution in [2.24, 2.45) is 17.3 Å². The maximum Gasteiger partial charge on any atom is 0.223 e. The zero-order valence-electron chi connectivity index (χ0n) is 15.4. The number of hydrogen-bond acceptors (Lipinski definition) is 2. The van der Waals surface area contributed by atoms with Gasteiger partial charge in [0.15, 0.2) is 0 Å². The van der Waals surface area contributed by atoms with Crippen LogP contribution in [0.1, 0.15) is 52.0 Å². The normalized spacial score (nSPS) is 21.8. The molecule has 0 aliphatic heterocycles. The van der Waals surface area contributed by atoms with E-state index in [4.69, 9.17) is 0 Å². The van der Waals surface area contributed by atoms with Crippen LogP contribution < -0.4 is 10.2 Å². The highest BCUT2D eigenvalue weighted by atomic mass is 16.1. The van der Waals surface area contributed by atoms with Crippen LogP contribution in [0.3, 0.4) is 0 Å². The fourth-order valence-electron chi connectivity index (χ4n) is 3.50. The number of anilines is 1. The molecular formula is C20H32N2O. The number of benzene rings is 1. The molecule has 0 atom stereocenters. The van der Waals surface area contributed by atoms with Crippen LogP contribution in [0.5, 0.6) is 0 Å². The maximum atomic E-state index is 12.4. The van der Waals surface area contributed by atoms with Crippen molar-refractivity contribution in [1.82, 2.24) is 5.32 Å². The van der Waals surface area contributed by atoms with Crippen molar-refractivity contribution in [2.45, 2.75) is 53.0 Å². The van der Waals surface area contributed by atoms with E-state index in [1.54, 1.807) is 0 Å². The first-order valence-electron chi connectivity index (χ1n) is 8.81. The van der Waals surface area contributed by atoms with Gasteiger partial charge < -0.3 is 10.2 Å². The minimum atomic E-state index is 0.200. The molecule has 1 amide bonds. The van der Waals surface area contributed by atoms with Gasteiger partial charge in [-0.3, -0.25) is 4.79 Å². The Bertz CT molecular complexity index is 523. The summed E-state index contributed by atoms with van der Waals surface area (Å²) in [5.74, 6) is 1.18. The zero-order chi connectivity index (χ0) is 17.0. The fraction of sp³-hybridized carbons (Fsp3) is 0.650. The van der Waals surface area contributed by atoms with Crippen molar-refractivity contribution in [3.8, 4) is 0 Å². The number of hydrogen-bond donors (Lipinski definition) is 1.